The van der Waals surface area contributed by atoms with Crippen molar-refractivity contribution in [2.75, 3.05) is 26.8 Å². The van der Waals surface area contributed by atoms with Gasteiger partial charge in [-0.15, -0.1) is 0 Å². The van der Waals surface area contributed by atoms with E-state index in [0.29, 0.717) is 25.5 Å². The summed E-state index contributed by atoms with van der Waals surface area (Å²) in [5, 5.41) is 2.74. The first kappa shape index (κ1) is 15.2. The molecule has 0 bridgehead atoms. The van der Waals surface area contributed by atoms with Crippen LogP contribution in [0.2, 0.25) is 0 Å². The van der Waals surface area contributed by atoms with Gasteiger partial charge in [0.15, 0.2) is 0 Å². The van der Waals surface area contributed by atoms with Gasteiger partial charge in [0.25, 0.3) is 0 Å². The number of amides is 2. The van der Waals surface area contributed by atoms with E-state index in [1.54, 1.807) is 25.5 Å². The van der Waals surface area contributed by atoms with Gasteiger partial charge in [-0.25, -0.2) is 0 Å². The number of carbonyl (C=O) groups is 2. The first-order valence-corrected chi connectivity index (χ1v) is 6.17. The number of nitrogens with one attached hydrogen (secondary N) is 1. The summed E-state index contributed by atoms with van der Waals surface area (Å²) in [6, 6.07) is 3.52. The number of methoxy groups -OCH3 is 1. The second-order valence-corrected chi connectivity index (χ2v) is 4.15. The molecule has 0 aliphatic carbocycles. The number of hydrogen-bond acceptors (Lipinski definition) is 4. The van der Waals surface area contributed by atoms with Gasteiger partial charge in [-0.2, -0.15) is 0 Å². The van der Waals surface area contributed by atoms with Crippen LogP contribution in [0.25, 0.3) is 0 Å². The number of ether oxygens (including phenoxy) is 1. The minimum Gasteiger partial charge on any atom is -0.467 e. The van der Waals surface area contributed by atoms with Crippen LogP contribution in [0.15, 0.2) is 22.8 Å². The van der Waals surface area contributed by atoms with Crippen LogP contribution in [0, 0.1) is 0 Å². The normalized spacial score (nSPS) is 10.2. The van der Waals surface area contributed by atoms with Crippen molar-refractivity contribution in [3.05, 3.63) is 24.2 Å². The van der Waals surface area contributed by atoms with Crippen LogP contribution >= 0.6 is 0 Å². The second-order valence-electron chi connectivity index (χ2n) is 4.15. The van der Waals surface area contributed by atoms with E-state index in [-0.39, 0.29) is 18.4 Å². The summed E-state index contributed by atoms with van der Waals surface area (Å²) in [6.45, 7) is 2.90. The van der Waals surface area contributed by atoms with Gasteiger partial charge < -0.3 is 19.4 Å². The van der Waals surface area contributed by atoms with Crippen molar-refractivity contribution in [2.45, 2.75) is 19.9 Å². The third-order valence-corrected chi connectivity index (χ3v) is 2.55. The molecule has 0 aliphatic rings. The zero-order chi connectivity index (χ0) is 14.1. The minimum atomic E-state index is -0.183. The molecule has 0 atom stereocenters. The molecule has 1 aromatic heterocycles. The SMILES string of the molecule is COCCCNC(=O)CN(Cc1ccco1)C(C)=O. The molecule has 0 saturated heterocycles. The summed E-state index contributed by atoms with van der Waals surface area (Å²) in [7, 11) is 1.61. The minimum absolute atomic E-state index is 0.0308. The van der Waals surface area contributed by atoms with Gasteiger partial charge in [0.05, 0.1) is 19.4 Å². The van der Waals surface area contributed by atoms with Gasteiger partial charge in [-0.1, -0.05) is 0 Å². The van der Waals surface area contributed by atoms with Crippen LogP contribution in [0.3, 0.4) is 0 Å². The fourth-order valence-electron chi connectivity index (χ4n) is 1.54. The zero-order valence-corrected chi connectivity index (χ0v) is 11.3. The highest BCUT2D eigenvalue weighted by Gasteiger charge is 2.14. The molecule has 0 aliphatic heterocycles. The molecule has 1 rings (SSSR count). The number of rotatable bonds is 8. The molecule has 0 unspecified atom stereocenters. The first-order valence-electron chi connectivity index (χ1n) is 6.17. The van der Waals surface area contributed by atoms with Crippen LogP contribution in [0.5, 0.6) is 0 Å². The van der Waals surface area contributed by atoms with E-state index < -0.39 is 0 Å². The molecule has 6 heteroatoms. The van der Waals surface area contributed by atoms with Crippen LogP contribution < -0.4 is 5.32 Å². The number of furan rings is 1. The highest BCUT2D eigenvalue weighted by molar-refractivity contribution is 5.83. The van der Waals surface area contributed by atoms with E-state index in [1.807, 2.05) is 0 Å². The molecule has 1 heterocycles. The Kier molecular flexibility index (Phi) is 6.67. The second kappa shape index (κ2) is 8.31. The standard InChI is InChI=1S/C13H20N2O4/c1-11(16)15(9-12-5-3-8-19-12)10-13(17)14-6-4-7-18-2/h3,5,8H,4,6-7,9-10H2,1-2H3,(H,14,17). The molecular formula is C13H20N2O4. The molecule has 1 N–H and O–H groups in total. The molecular weight excluding hydrogens is 248 g/mol. The molecule has 0 spiro atoms. The average molecular weight is 268 g/mol. The number of carbonyl (C=O) groups excluding carboxylic acids is 2. The quantitative estimate of drug-likeness (QED) is 0.707. The highest BCUT2D eigenvalue weighted by Crippen LogP contribution is 2.05. The maximum atomic E-state index is 11.7. The van der Waals surface area contributed by atoms with E-state index in [9.17, 15) is 9.59 Å². The van der Waals surface area contributed by atoms with E-state index in [1.165, 1.54) is 11.8 Å². The third kappa shape index (κ3) is 6.05. The molecule has 0 fully saturated rings. The summed E-state index contributed by atoms with van der Waals surface area (Å²) in [4.78, 5) is 24.6. The van der Waals surface area contributed by atoms with Gasteiger partial charge in [0.2, 0.25) is 11.8 Å². The first-order chi connectivity index (χ1) is 9.13. The van der Waals surface area contributed by atoms with E-state index >= 15 is 0 Å². The largest absolute Gasteiger partial charge is 0.467 e. The smallest absolute Gasteiger partial charge is 0.239 e. The Balaban J connectivity index is 2.36. The van der Waals surface area contributed by atoms with Gasteiger partial charge in [0.1, 0.15) is 5.76 Å². The lowest BCUT2D eigenvalue weighted by Gasteiger charge is -2.19. The van der Waals surface area contributed by atoms with E-state index in [2.05, 4.69) is 5.32 Å². The molecule has 1 aromatic rings. The van der Waals surface area contributed by atoms with Gasteiger partial charge in [-0.05, 0) is 18.6 Å². The van der Waals surface area contributed by atoms with Crippen molar-refractivity contribution in [1.29, 1.82) is 0 Å². The molecule has 0 aromatic carbocycles. The Bertz CT molecular complexity index is 389. The summed E-state index contributed by atoms with van der Waals surface area (Å²) in [5.41, 5.74) is 0. The van der Waals surface area contributed by atoms with Crippen molar-refractivity contribution in [3.8, 4) is 0 Å². The van der Waals surface area contributed by atoms with Crippen molar-refractivity contribution in [1.82, 2.24) is 10.2 Å². The average Bonchev–Trinajstić information content (AvgIpc) is 2.86. The predicted molar refractivity (Wildman–Crippen MR) is 69.3 cm³/mol. The molecule has 0 radical (unpaired) electrons. The number of nitrogens with zero attached hydrogens (tertiary/aromatic N) is 1. The van der Waals surface area contributed by atoms with Gasteiger partial charge >= 0.3 is 0 Å². The van der Waals surface area contributed by atoms with E-state index in [0.717, 1.165) is 6.42 Å². The van der Waals surface area contributed by atoms with Gasteiger partial charge in [-0.3, -0.25) is 9.59 Å². The van der Waals surface area contributed by atoms with Crippen LogP contribution in [-0.2, 0) is 20.9 Å². The van der Waals surface area contributed by atoms with Crippen LogP contribution in [-0.4, -0.2) is 43.5 Å². The maximum Gasteiger partial charge on any atom is 0.239 e. The molecule has 6 nitrogen and oxygen atoms in total. The van der Waals surface area contributed by atoms with Crippen molar-refractivity contribution >= 4 is 11.8 Å². The highest BCUT2D eigenvalue weighted by atomic mass is 16.5. The van der Waals surface area contributed by atoms with E-state index in [4.69, 9.17) is 9.15 Å². The van der Waals surface area contributed by atoms with Crippen molar-refractivity contribution in [2.24, 2.45) is 0 Å². The predicted octanol–water partition coefficient (Wildman–Crippen LogP) is 0.781. The topological polar surface area (TPSA) is 71.8 Å². The summed E-state index contributed by atoms with van der Waals surface area (Å²) >= 11 is 0. The maximum absolute atomic E-state index is 11.7. The Hall–Kier alpha value is -1.82. The van der Waals surface area contributed by atoms with Crippen LogP contribution in [0.1, 0.15) is 19.1 Å². The summed E-state index contributed by atoms with van der Waals surface area (Å²) in [5.74, 6) is 0.309. The molecule has 2 amide bonds. The molecule has 106 valence electrons. The van der Waals surface area contributed by atoms with Crippen molar-refractivity contribution < 1.29 is 18.7 Å². The summed E-state index contributed by atoms with van der Waals surface area (Å²) in [6.07, 6.45) is 2.29. The zero-order valence-electron chi connectivity index (χ0n) is 11.3. The lowest BCUT2D eigenvalue weighted by atomic mass is 10.3. The fourth-order valence-corrected chi connectivity index (χ4v) is 1.54. The summed E-state index contributed by atoms with van der Waals surface area (Å²) < 4.78 is 10.1. The number of hydrogen-bond donors (Lipinski definition) is 1. The Morgan fingerprint density at radius 1 is 1.47 bits per heavy atom. The van der Waals surface area contributed by atoms with Crippen molar-refractivity contribution in [3.63, 3.8) is 0 Å². The molecule has 19 heavy (non-hydrogen) atoms. The third-order valence-electron chi connectivity index (χ3n) is 2.55. The lowest BCUT2D eigenvalue weighted by molar-refractivity contribution is -0.135. The molecule has 0 saturated carbocycles. The Morgan fingerprint density at radius 2 is 2.26 bits per heavy atom. The Morgan fingerprint density at radius 3 is 2.84 bits per heavy atom. The van der Waals surface area contributed by atoms with Gasteiger partial charge in [0, 0.05) is 27.2 Å². The van der Waals surface area contributed by atoms with Crippen LogP contribution in [0.4, 0.5) is 0 Å². The monoisotopic (exact) mass is 268 g/mol. The Labute approximate surface area is 112 Å². The lowest BCUT2D eigenvalue weighted by Crippen LogP contribution is -2.39. The fraction of sp³-hybridized carbons (Fsp3) is 0.538.